The molecule has 0 heterocycles. The van der Waals surface area contributed by atoms with Gasteiger partial charge >= 0.3 is 0 Å². The second kappa shape index (κ2) is 8.31. The van der Waals surface area contributed by atoms with E-state index in [1.807, 2.05) is 13.8 Å². The first-order valence-electron chi connectivity index (χ1n) is 7.56. The molecule has 23 heavy (non-hydrogen) atoms. The van der Waals surface area contributed by atoms with E-state index in [9.17, 15) is 13.2 Å². The van der Waals surface area contributed by atoms with Gasteiger partial charge in [0.2, 0.25) is 5.91 Å². The summed E-state index contributed by atoms with van der Waals surface area (Å²) in [6.07, 6.45) is 1.85. The highest BCUT2D eigenvalue weighted by Gasteiger charge is 2.20. The highest BCUT2D eigenvalue weighted by atomic mass is 32.2. The van der Waals surface area contributed by atoms with E-state index in [1.165, 1.54) is 18.4 Å². The van der Waals surface area contributed by atoms with Gasteiger partial charge in [0.05, 0.1) is 17.4 Å². The molecule has 2 unspecified atom stereocenters. The van der Waals surface area contributed by atoms with Gasteiger partial charge in [-0.05, 0) is 37.6 Å². The molecule has 0 saturated carbocycles. The lowest BCUT2D eigenvalue weighted by molar-refractivity contribution is -0.134. The van der Waals surface area contributed by atoms with E-state index in [0.29, 0.717) is 25.3 Å². The zero-order valence-corrected chi connectivity index (χ0v) is 15.0. The molecule has 1 amide bonds. The van der Waals surface area contributed by atoms with Gasteiger partial charge in [0, 0.05) is 25.9 Å². The zero-order valence-electron chi connectivity index (χ0n) is 14.2. The fraction of sp³-hybridized carbons (Fsp3) is 0.562. The molecule has 0 saturated heterocycles. The van der Waals surface area contributed by atoms with Crippen LogP contribution < -0.4 is 10.5 Å². The Balaban J connectivity index is 2.39. The van der Waals surface area contributed by atoms with Gasteiger partial charge in [0.25, 0.3) is 0 Å². The van der Waals surface area contributed by atoms with E-state index < -0.39 is 9.84 Å². The first kappa shape index (κ1) is 19.4. The molecule has 0 aliphatic heterocycles. The minimum Gasteiger partial charge on any atom is -0.494 e. The quantitative estimate of drug-likeness (QED) is 0.719. The largest absolute Gasteiger partial charge is 0.494 e. The van der Waals surface area contributed by atoms with E-state index in [-0.39, 0.29) is 22.8 Å². The van der Waals surface area contributed by atoms with Crippen LogP contribution in [0.1, 0.15) is 20.3 Å². The second-order valence-electron chi connectivity index (χ2n) is 5.85. The van der Waals surface area contributed by atoms with E-state index in [0.717, 1.165) is 0 Å². The van der Waals surface area contributed by atoms with Gasteiger partial charge in [-0.2, -0.15) is 0 Å². The van der Waals surface area contributed by atoms with Crippen LogP contribution in [0, 0.1) is 5.92 Å². The Hall–Kier alpha value is -1.60. The summed E-state index contributed by atoms with van der Waals surface area (Å²) in [6, 6.07) is 6.12. The van der Waals surface area contributed by atoms with E-state index in [1.54, 1.807) is 24.1 Å². The average molecular weight is 342 g/mol. The second-order valence-corrected chi connectivity index (χ2v) is 7.87. The van der Waals surface area contributed by atoms with E-state index in [4.69, 9.17) is 10.5 Å². The Labute approximate surface area is 138 Å². The molecule has 0 aromatic heterocycles. The number of amides is 1. The van der Waals surface area contributed by atoms with Crippen molar-refractivity contribution in [2.45, 2.75) is 31.2 Å². The van der Waals surface area contributed by atoms with Crippen molar-refractivity contribution in [2.75, 3.05) is 26.5 Å². The van der Waals surface area contributed by atoms with Crippen LogP contribution in [0.5, 0.6) is 5.75 Å². The topological polar surface area (TPSA) is 89.7 Å². The minimum absolute atomic E-state index is 0.0255. The summed E-state index contributed by atoms with van der Waals surface area (Å²) in [7, 11) is -1.44. The molecule has 0 radical (unpaired) electrons. The maximum absolute atomic E-state index is 12.0. The lowest BCUT2D eigenvalue weighted by Crippen LogP contribution is -2.40. The molecule has 1 aromatic rings. The van der Waals surface area contributed by atoms with Crippen molar-refractivity contribution < 1.29 is 17.9 Å². The number of carbonyl (C=O) groups is 1. The summed E-state index contributed by atoms with van der Waals surface area (Å²) in [6.45, 7) is 4.67. The summed E-state index contributed by atoms with van der Waals surface area (Å²) in [5.41, 5.74) is 5.73. The summed E-state index contributed by atoms with van der Waals surface area (Å²) in [5, 5.41) is 0. The first-order valence-corrected chi connectivity index (χ1v) is 9.45. The molecule has 130 valence electrons. The fourth-order valence-corrected chi connectivity index (χ4v) is 2.59. The molecule has 0 aliphatic rings. The molecule has 0 spiro atoms. The number of nitrogens with two attached hydrogens (primary N) is 1. The highest BCUT2D eigenvalue weighted by Crippen LogP contribution is 2.16. The van der Waals surface area contributed by atoms with Gasteiger partial charge in [-0.15, -0.1) is 0 Å². The number of carbonyl (C=O) groups excluding carboxylic acids is 1. The summed E-state index contributed by atoms with van der Waals surface area (Å²) in [4.78, 5) is 13.9. The Morgan fingerprint density at radius 3 is 2.30 bits per heavy atom. The van der Waals surface area contributed by atoms with Crippen molar-refractivity contribution in [1.29, 1.82) is 0 Å². The van der Waals surface area contributed by atoms with Crippen molar-refractivity contribution in [3.63, 3.8) is 0 Å². The van der Waals surface area contributed by atoms with Crippen molar-refractivity contribution in [3.8, 4) is 5.75 Å². The number of nitrogens with zero attached hydrogens (tertiary/aromatic N) is 1. The van der Waals surface area contributed by atoms with Crippen LogP contribution in [0.4, 0.5) is 0 Å². The normalized spacial score (nSPS) is 14.1. The van der Waals surface area contributed by atoms with Crippen molar-refractivity contribution in [1.82, 2.24) is 4.90 Å². The van der Waals surface area contributed by atoms with Gasteiger partial charge in [0.1, 0.15) is 5.75 Å². The van der Waals surface area contributed by atoms with Crippen LogP contribution in [0.15, 0.2) is 29.2 Å². The maximum atomic E-state index is 12.0. The van der Waals surface area contributed by atoms with Crippen LogP contribution in [-0.2, 0) is 14.6 Å². The van der Waals surface area contributed by atoms with Crippen LogP contribution in [0.25, 0.3) is 0 Å². The minimum atomic E-state index is -3.19. The predicted molar refractivity (Wildman–Crippen MR) is 90.1 cm³/mol. The first-order chi connectivity index (χ1) is 10.6. The SMILES string of the molecule is CC(N)C(C)C(=O)N(C)CCCOc1ccc(S(C)(=O)=O)cc1. The van der Waals surface area contributed by atoms with Crippen molar-refractivity contribution >= 4 is 15.7 Å². The average Bonchev–Trinajstić information content (AvgIpc) is 2.49. The summed E-state index contributed by atoms with van der Waals surface area (Å²) < 4.78 is 28.3. The monoisotopic (exact) mass is 342 g/mol. The lowest BCUT2D eigenvalue weighted by Gasteiger charge is -2.23. The van der Waals surface area contributed by atoms with Gasteiger partial charge in [-0.1, -0.05) is 6.92 Å². The maximum Gasteiger partial charge on any atom is 0.226 e. The zero-order chi connectivity index (χ0) is 17.6. The lowest BCUT2D eigenvalue weighted by atomic mass is 10.0. The van der Waals surface area contributed by atoms with Crippen LogP contribution in [0.3, 0.4) is 0 Å². The smallest absolute Gasteiger partial charge is 0.226 e. The Morgan fingerprint density at radius 1 is 1.26 bits per heavy atom. The fourth-order valence-electron chi connectivity index (χ4n) is 1.96. The van der Waals surface area contributed by atoms with E-state index >= 15 is 0 Å². The molecular weight excluding hydrogens is 316 g/mol. The highest BCUT2D eigenvalue weighted by molar-refractivity contribution is 7.90. The van der Waals surface area contributed by atoms with Gasteiger partial charge in [-0.25, -0.2) is 8.42 Å². The number of hydrogen-bond donors (Lipinski definition) is 1. The van der Waals surface area contributed by atoms with Gasteiger partial charge in [0.15, 0.2) is 9.84 Å². The number of ether oxygens (including phenoxy) is 1. The summed E-state index contributed by atoms with van der Waals surface area (Å²) in [5.74, 6) is 0.428. The van der Waals surface area contributed by atoms with Crippen LogP contribution >= 0.6 is 0 Å². The molecular formula is C16H26N2O4S. The predicted octanol–water partition coefficient (Wildman–Crippen LogP) is 1.30. The number of benzene rings is 1. The molecule has 1 aromatic carbocycles. The third kappa shape index (κ3) is 6.19. The Morgan fingerprint density at radius 2 is 1.83 bits per heavy atom. The van der Waals surface area contributed by atoms with E-state index in [2.05, 4.69) is 0 Å². The Bertz CT molecular complexity index is 611. The van der Waals surface area contributed by atoms with Gasteiger partial charge in [-0.3, -0.25) is 4.79 Å². The number of rotatable bonds is 8. The Kier molecular flexibility index (Phi) is 7.02. The standard InChI is InChI=1S/C16H26N2O4S/c1-12(13(2)17)16(19)18(3)10-5-11-22-14-6-8-15(9-7-14)23(4,20)21/h6-9,12-13H,5,10-11,17H2,1-4H3. The molecule has 0 aliphatic carbocycles. The molecule has 2 N–H and O–H groups in total. The molecule has 1 rings (SSSR count). The molecule has 2 atom stereocenters. The number of hydrogen-bond acceptors (Lipinski definition) is 5. The van der Waals surface area contributed by atoms with Crippen LogP contribution in [0.2, 0.25) is 0 Å². The third-order valence-electron chi connectivity index (χ3n) is 3.71. The third-order valence-corrected chi connectivity index (χ3v) is 4.84. The molecule has 0 fully saturated rings. The van der Waals surface area contributed by atoms with Crippen molar-refractivity contribution in [3.05, 3.63) is 24.3 Å². The van der Waals surface area contributed by atoms with Crippen LogP contribution in [-0.4, -0.2) is 51.7 Å². The summed E-state index contributed by atoms with van der Waals surface area (Å²) >= 11 is 0. The van der Waals surface area contributed by atoms with Crippen molar-refractivity contribution in [2.24, 2.45) is 11.7 Å². The molecule has 0 bridgehead atoms. The molecule has 6 nitrogen and oxygen atoms in total. The molecule has 7 heteroatoms. The van der Waals surface area contributed by atoms with Gasteiger partial charge < -0.3 is 15.4 Å². The number of sulfone groups is 1.